The number of benzene rings is 1. The number of aryl methyl sites for hydroxylation is 1. The summed E-state index contributed by atoms with van der Waals surface area (Å²) in [5, 5.41) is 2.14. The fraction of sp³-hybridized carbons (Fsp3) is 0.375. The minimum absolute atomic E-state index is 0.113. The quantitative estimate of drug-likeness (QED) is 0.805. The van der Waals surface area contributed by atoms with Gasteiger partial charge in [-0.2, -0.15) is 0 Å². The number of halogens is 1. The summed E-state index contributed by atoms with van der Waals surface area (Å²) in [4.78, 5) is 0. The Morgan fingerprint density at radius 1 is 1.20 bits per heavy atom. The molecule has 1 saturated heterocycles. The molecule has 1 aromatic heterocycles. The van der Waals surface area contributed by atoms with Crippen LogP contribution in [0.2, 0.25) is 4.34 Å². The highest BCUT2D eigenvalue weighted by Crippen LogP contribution is 2.32. The van der Waals surface area contributed by atoms with Crippen LogP contribution in [0.1, 0.15) is 11.1 Å². The van der Waals surface area contributed by atoms with Gasteiger partial charge in [0, 0.05) is 12.6 Å². The summed E-state index contributed by atoms with van der Waals surface area (Å²) in [7, 11) is -7.17. The molecule has 1 aliphatic heterocycles. The van der Waals surface area contributed by atoms with E-state index in [1.165, 1.54) is 12.1 Å². The predicted molar refractivity (Wildman–Crippen MR) is 101 cm³/mol. The molecule has 0 bridgehead atoms. The first-order valence-corrected chi connectivity index (χ1v) is 12.2. The normalized spacial score (nSPS) is 23.0. The summed E-state index contributed by atoms with van der Waals surface area (Å²) in [6.07, 6.45) is 0. The second kappa shape index (κ2) is 7.00. The van der Waals surface area contributed by atoms with Crippen molar-refractivity contribution in [2.45, 2.75) is 29.0 Å². The number of sulfone groups is 2. The molecule has 0 saturated carbocycles. The second-order valence-corrected chi connectivity index (χ2v) is 12.4. The second-order valence-electron chi connectivity index (χ2n) is 6.13. The average molecular weight is 420 g/mol. The largest absolute Gasteiger partial charge is 0.308 e. The van der Waals surface area contributed by atoms with Crippen molar-refractivity contribution in [3.8, 4) is 0 Å². The van der Waals surface area contributed by atoms with Crippen LogP contribution >= 0.6 is 22.9 Å². The van der Waals surface area contributed by atoms with Crippen LogP contribution in [0.15, 0.2) is 40.6 Å². The lowest BCUT2D eigenvalue weighted by Crippen LogP contribution is -2.42. The number of thiophene rings is 1. The van der Waals surface area contributed by atoms with E-state index in [1.54, 1.807) is 0 Å². The molecule has 2 aromatic rings. The van der Waals surface area contributed by atoms with Crippen LogP contribution < -0.4 is 5.32 Å². The highest BCUT2D eigenvalue weighted by Gasteiger charge is 2.46. The van der Waals surface area contributed by atoms with E-state index in [9.17, 15) is 16.8 Å². The molecule has 0 radical (unpaired) electrons. The molecule has 25 heavy (non-hydrogen) atoms. The van der Waals surface area contributed by atoms with E-state index < -0.39 is 31.0 Å². The van der Waals surface area contributed by atoms with Gasteiger partial charge in [0.25, 0.3) is 0 Å². The van der Waals surface area contributed by atoms with Crippen LogP contribution in [0, 0.1) is 6.92 Å². The Hall–Kier alpha value is -0.930. The smallest absolute Gasteiger partial charge is 0.193 e. The fourth-order valence-electron chi connectivity index (χ4n) is 2.96. The van der Waals surface area contributed by atoms with Crippen LogP contribution in [-0.2, 0) is 26.2 Å². The molecule has 2 heterocycles. The topological polar surface area (TPSA) is 80.3 Å². The van der Waals surface area contributed by atoms with Gasteiger partial charge in [-0.15, -0.1) is 11.3 Å². The Morgan fingerprint density at radius 3 is 2.56 bits per heavy atom. The van der Waals surface area contributed by atoms with Crippen molar-refractivity contribution in [1.82, 2.24) is 5.32 Å². The zero-order valence-electron chi connectivity index (χ0n) is 13.5. The van der Waals surface area contributed by atoms with Crippen LogP contribution in [0.3, 0.4) is 0 Å². The van der Waals surface area contributed by atoms with Crippen LogP contribution in [0.4, 0.5) is 0 Å². The first-order valence-electron chi connectivity index (χ1n) is 7.66. The molecule has 0 amide bonds. The lowest BCUT2D eigenvalue weighted by atomic mass is 10.1. The Bertz CT molecular complexity index is 982. The molecule has 136 valence electrons. The van der Waals surface area contributed by atoms with Gasteiger partial charge < -0.3 is 5.32 Å². The number of rotatable bonds is 5. The number of hydrogen-bond acceptors (Lipinski definition) is 6. The van der Waals surface area contributed by atoms with Gasteiger partial charge in [0.2, 0.25) is 0 Å². The lowest BCUT2D eigenvalue weighted by molar-refractivity contribution is 0.526. The van der Waals surface area contributed by atoms with Gasteiger partial charge in [-0.25, -0.2) is 16.8 Å². The molecule has 1 aromatic carbocycles. The van der Waals surface area contributed by atoms with Gasteiger partial charge in [0.1, 0.15) is 4.21 Å². The van der Waals surface area contributed by atoms with Crippen LogP contribution in [0.5, 0.6) is 0 Å². The summed E-state index contributed by atoms with van der Waals surface area (Å²) < 4.78 is 50.4. The van der Waals surface area contributed by atoms with Crippen molar-refractivity contribution in [2.24, 2.45) is 0 Å². The van der Waals surface area contributed by atoms with Crippen molar-refractivity contribution >= 4 is 42.6 Å². The Morgan fingerprint density at radius 2 is 1.92 bits per heavy atom. The summed E-state index contributed by atoms with van der Waals surface area (Å²) in [5.41, 5.74) is 2.09. The maximum absolute atomic E-state index is 12.9. The van der Waals surface area contributed by atoms with E-state index in [4.69, 9.17) is 11.6 Å². The third-order valence-corrected chi connectivity index (χ3v) is 10.3. The van der Waals surface area contributed by atoms with Gasteiger partial charge in [-0.3, -0.25) is 0 Å². The Labute approximate surface area is 156 Å². The molecule has 0 spiro atoms. The summed E-state index contributed by atoms with van der Waals surface area (Å²) in [6, 6.07) is 10.0. The monoisotopic (exact) mass is 419 g/mol. The van der Waals surface area contributed by atoms with E-state index >= 15 is 0 Å². The van der Waals surface area contributed by atoms with Crippen molar-refractivity contribution in [3.05, 3.63) is 51.9 Å². The zero-order chi connectivity index (χ0) is 18.2. The molecule has 0 aliphatic carbocycles. The zero-order valence-corrected chi connectivity index (χ0v) is 16.7. The minimum atomic E-state index is -3.76. The average Bonchev–Trinajstić information content (AvgIpc) is 3.10. The molecule has 9 heteroatoms. The molecule has 0 unspecified atom stereocenters. The first-order chi connectivity index (χ1) is 11.7. The van der Waals surface area contributed by atoms with E-state index in [2.05, 4.69) is 5.32 Å². The van der Waals surface area contributed by atoms with Gasteiger partial charge >= 0.3 is 0 Å². The Balaban J connectivity index is 1.85. The third-order valence-electron chi connectivity index (χ3n) is 4.34. The molecular formula is C16H18ClNO4S3. The standard InChI is InChI=1S/C16H18ClNO4S3/c1-11-4-2-3-5-12(11)8-18-13-9-24(19,20)10-14(13)25(21,22)16-7-6-15(17)23-16/h2-7,13-14,18H,8-10H2,1H3/t13-,14-/m0/s1. The Kier molecular flexibility index (Phi) is 5.28. The third kappa shape index (κ3) is 4.09. The van der Waals surface area contributed by atoms with Gasteiger partial charge in [0.15, 0.2) is 19.7 Å². The summed E-state index contributed by atoms with van der Waals surface area (Å²) >= 11 is 6.80. The van der Waals surface area contributed by atoms with Crippen LogP contribution in [-0.4, -0.2) is 39.6 Å². The highest BCUT2D eigenvalue weighted by molar-refractivity contribution is 7.97. The first kappa shape index (κ1) is 18.8. The highest BCUT2D eigenvalue weighted by atomic mass is 35.5. The molecule has 1 N–H and O–H groups in total. The maximum Gasteiger partial charge on any atom is 0.193 e. The minimum Gasteiger partial charge on any atom is -0.308 e. The summed E-state index contributed by atoms with van der Waals surface area (Å²) in [6.45, 7) is 2.38. The molecular weight excluding hydrogens is 402 g/mol. The van der Waals surface area contributed by atoms with E-state index in [1.807, 2.05) is 31.2 Å². The SMILES string of the molecule is Cc1ccccc1CN[C@H]1CS(=O)(=O)C[C@@H]1S(=O)(=O)c1ccc(Cl)s1. The van der Waals surface area contributed by atoms with Gasteiger partial charge in [-0.1, -0.05) is 35.9 Å². The van der Waals surface area contributed by atoms with E-state index in [0.717, 1.165) is 22.5 Å². The van der Waals surface area contributed by atoms with E-state index in [-0.39, 0.29) is 15.7 Å². The van der Waals surface area contributed by atoms with Crippen molar-refractivity contribution < 1.29 is 16.8 Å². The van der Waals surface area contributed by atoms with Crippen LogP contribution in [0.25, 0.3) is 0 Å². The molecule has 1 fully saturated rings. The maximum atomic E-state index is 12.9. The lowest BCUT2D eigenvalue weighted by Gasteiger charge is -2.19. The van der Waals surface area contributed by atoms with Crippen molar-refractivity contribution in [3.63, 3.8) is 0 Å². The fourth-order valence-corrected chi connectivity index (χ4v) is 9.39. The van der Waals surface area contributed by atoms with Crippen molar-refractivity contribution in [1.29, 1.82) is 0 Å². The van der Waals surface area contributed by atoms with Gasteiger partial charge in [0.05, 0.1) is 21.1 Å². The molecule has 5 nitrogen and oxygen atoms in total. The predicted octanol–water partition coefficient (Wildman–Crippen LogP) is 2.44. The van der Waals surface area contributed by atoms with Gasteiger partial charge in [-0.05, 0) is 30.2 Å². The number of hydrogen-bond donors (Lipinski definition) is 1. The number of nitrogens with one attached hydrogen (secondary N) is 1. The summed E-state index contributed by atoms with van der Waals surface area (Å²) in [5.74, 6) is -0.543. The molecule has 1 aliphatic rings. The molecule has 2 atom stereocenters. The molecule has 3 rings (SSSR count). The van der Waals surface area contributed by atoms with Crippen molar-refractivity contribution in [2.75, 3.05) is 11.5 Å². The van der Waals surface area contributed by atoms with E-state index in [0.29, 0.717) is 10.9 Å².